The van der Waals surface area contributed by atoms with Crippen molar-refractivity contribution in [1.29, 1.82) is 0 Å². The molecule has 0 saturated heterocycles. The van der Waals surface area contributed by atoms with E-state index < -0.39 is 0 Å². The summed E-state index contributed by atoms with van der Waals surface area (Å²) in [7, 11) is 0. The van der Waals surface area contributed by atoms with Gasteiger partial charge in [0.1, 0.15) is 0 Å². The van der Waals surface area contributed by atoms with Gasteiger partial charge >= 0.3 is 0 Å². The zero-order chi connectivity index (χ0) is 6.15. The van der Waals surface area contributed by atoms with Gasteiger partial charge in [-0.25, -0.2) is 0 Å². The Labute approximate surface area is 46.3 Å². The fourth-order valence-corrected chi connectivity index (χ4v) is 0.358. The second-order valence-electron chi connectivity index (χ2n) is 1.60. The van der Waals surface area contributed by atoms with Gasteiger partial charge in [-0.1, -0.05) is 0 Å². The molecule has 0 fully saturated rings. The first-order valence-electron chi connectivity index (χ1n) is 2.24. The third kappa shape index (κ3) is 0.538. The van der Waals surface area contributed by atoms with Crippen molar-refractivity contribution in [2.24, 2.45) is 0 Å². The van der Waals surface area contributed by atoms with Crippen LogP contribution in [-0.2, 0) is 0 Å². The molecule has 1 rings (SSSR count). The van der Waals surface area contributed by atoms with Crippen molar-refractivity contribution in [3.63, 3.8) is 0 Å². The highest BCUT2D eigenvalue weighted by molar-refractivity contribution is 4.95. The van der Waals surface area contributed by atoms with Crippen molar-refractivity contribution >= 4 is 0 Å². The van der Waals surface area contributed by atoms with Crippen LogP contribution < -0.4 is 4.90 Å². The second-order valence-corrected chi connectivity index (χ2v) is 1.60. The molecule has 1 aromatic rings. The molecule has 0 unspecified atom stereocenters. The van der Waals surface area contributed by atoms with Crippen molar-refractivity contribution in [2.75, 3.05) is 0 Å². The molecule has 1 aromatic heterocycles. The van der Waals surface area contributed by atoms with Crippen LogP contribution in [0.25, 0.3) is 0 Å². The van der Waals surface area contributed by atoms with E-state index in [1.165, 1.54) is 0 Å². The maximum atomic E-state index is 10.3. The normalized spacial score (nSPS) is 9.75. The van der Waals surface area contributed by atoms with E-state index in [0.29, 0.717) is 16.3 Å². The van der Waals surface area contributed by atoms with E-state index in [1.807, 2.05) is 0 Å². The molecule has 8 heavy (non-hydrogen) atoms. The summed E-state index contributed by atoms with van der Waals surface area (Å²) in [4.78, 5) is 0.384. The molecule has 1 heterocycles. The van der Waals surface area contributed by atoms with Crippen molar-refractivity contribution < 1.29 is 9.53 Å². The number of rotatable bonds is 0. The summed E-state index contributed by atoms with van der Waals surface area (Å²) in [5.41, 5.74) is 1.16. The maximum absolute atomic E-state index is 10.3. The fourth-order valence-electron chi connectivity index (χ4n) is 0.358. The van der Waals surface area contributed by atoms with E-state index in [2.05, 4.69) is 9.79 Å². The zero-order valence-corrected chi connectivity index (χ0v) is 4.71. The summed E-state index contributed by atoms with van der Waals surface area (Å²) in [6, 6.07) is 0. The topological polar surface area (TPSA) is 53.0 Å². The lowest BCUT2D eigenvalue weighted by Crippen LogP contribution is -2.25. The molecule has 0 aliphatic rings. The summed E-state index contributed by atoms with van der Waals surface area (Å²) >= 11 is 0. The van der Waals surface area contributed by atoms with Gasteiger partial charge in [0.2, 0.25) is 5.69 Å². The molecule has 0 spiro atoms. The van der Waals surface area contributed by atoms with Gasteiger partial charge in [-0.05, 0) is 4.90 Å². The Bertz CT molecular complexity index is 174. The highest BCUT2D eigenvalue weighted by Crippen LogP contribution is 1.92. The van der Waals surface area contributed by atoms with Gasteiger partial charge in [0.25, 0.3) is 0 Å². The van der Waals surface area contributed by atoms with Crippen molar-refractivity contribution in [3.05, 3.63) is 16.6 Å². The molecule has 0 aliphatic heterocycles. The average molecular weight is 114 g/mol. The number of hydrogen-bond donors (Lipinski definition) is 0. The van der Waals surface area contributed by atoms with Crippen molar-refractivity contribution in [3.8, 4) is 0 Å². The first kappa shape index (κ1) is 5.08. The first-order chi connectivity index (χ1) is 3.72. The Morgan fingerprint density at radius 1 is 1.62 bits per heavy atom. The Morgan fingerprint density at radius 2 is 2.25 bits per heavy atom. The Hall–Kier alpha value is -1.06. The number of aryl methyl sites for hydroxylation is 1. The monoisotopic (exact) mass is 114 g/mol. The molecule has 4 heteroatoms. The molecule has 4 nitrogen and oxygen atoms in total. The second kappa shape index (κ2) is 1.47. The van der Waals surface area contributed by atoms with E-state index in [1.54, 1.807) is 13.8 Å². The van der Waals surface area contributed by atoms with Crippen LogP contribution in [0.5, 0.6) is 0 Å². The largest absolute Gasteiger partial charge is 0.359 e. The average Bonchev–Trinajstić information content (AvgIpc) is 1.98. The highest BCUT2D eigenvalue weighted by atomic mass is 16.8. The van der Waals surface area contributed by atoms with Crippen LogP contribution in [-0.4, -0.2) is 5.16 Å². The summed E-state index contributed by atoms with van der Waals surface area (Å²) in [5, 5.41) is 13.7. The molecule has 0 aromatic carbocycles. The van der Waals surface area contributed by atoms with Crippen LogP contribution in [0, 0.1) is 19.1 Å². The molecule has 0 N–H and O–H groups in total. The van der Waals surface area contributed by atoms with Gasteiger partial charge in [0.15, 0.2) is 5.69 Å². The minimum absolute atomic E-state index is 0.384. The smallest absolute Gasteiger partial charge is 0.217 e. The van der Waals surface area contributed by atoms with Crippen LogP contribution in [0.1, 0.15) is 11.4 Å². The zero-order valence-electron chi connectivity index (χ0n) is 4.71. The van der Waals surface area contributed by atoms with Gasteiger partial charge in [0.05, 0.1) is 0 Å². The number of aromatic nitrogens is 2. The molecule has 0 saturated carbocycles. The van der Waals surface area contributed by atoms with E-state index in [9.17, 15) is 5.21 Å². The van der Waals surface area contributed by atoms with Crippen LogP contribution in [0.2, 0.25) is 0 Å². The van der Waals surface area contributed by atoms with E-state index in [4.69, 9.17) is 0 Å². The van der Waals surface area contributed by atoms with Crippen LogP contribution in [0.3, 0.4) is 0 Å². The van der Waals surface area contributed by atoms with Crippen LogP contribution >= 0.6 is 0 Å². The molecule has 0 radical (unpaired) electrons. The molecule has 0 bridgehead atoms. The van der Waals surface area contributed by atoms with E-state index in [-0.39, 0.29) is 0 Å². The molecular weight excluding hydrogens is 108 g/mol. The number of hydrogen-bond acceptors (Lipinski definition) is 3. The third-order valence-corrected chi connectivity index (χ3v) is 1.05. The molecule has 44 valence electrons. The first-order valence-corrected chi connectivity index (χ1v) is 2.24. The van der Waals surface area contributed by atoms with Gasteiger partial charge in [0, 0.05) is 19.0 Å². The predicted molar refractivity (Wildman–Crippen MR) is 24.9 cm³/mol. The lowest BCUT2D eigenvalue weighted by atomic mass is 10.4. The SMILES string of the molecule is Cc1no[n+]([O-])c1C. The summed E-state index contributed by atoms with van der Waals surface area (Å²) in [6.45, 7) is 3.37. The minimum atomic E-state index is 0.384. The van der Waals surface area contributed by atoms with Crippen molar-refractivity contribution in [1.82, 2.24) is 5.16 Å². The Balaban J connectivity index is 3.19. The lowest BCUT2D eigenvalue weighted by molar-refractivity contribution is -0.806. The summed E-state index contributed by atoms with van der Waals surface area (Å²) in [5.74, 6) is 0. The van der Waals surface area contributed by atoms with Gasteiger partial charge in [-0.2, -0.15) is 0 Å². The predicted octanol–water partition coefficient (Wildman–Crippen LogP) is -0.0752. The van der Waals surface area contributed by atoms with Gasteiger partial charge in [-0.3, -0.25) is 4.63 Å². The van der Waals surface area contributed by atoms with Crippen molar-refractivity contribution in [2.45, 2.75) is 13.8 Å². The lowest BCUT2D eigenvalue weighted by Gasteiger charge is -1.82. The van der Waals surface area contributed by atoms with Crippen LogP contribution in [0.4, 0.5) is 0 Å². The van der Waals surface area contributed by atoms with E-state index >= 15 is 0 Å². The molecular formula is C4H6N2O2. The quantitative estimate of drug-likeness (QED) is 0.443. The standard InChI is InChI=1S/C4H6N2O2/c1-3-4(2)6(7)8-5-3/h1-2H3. The van der Waals surface area contributed by atoms with Crippen LogP contribution in [0.15, 0.2) is 4.63 Å². The van der Waals surface area contributed by atoms with Gasteiger partial charge < -0.3 is 5.21 Å². The van der Waals surface area contributed by atoms with Gasteiger partial charge in [-0.15, -0.1) is 0 Å². The molecule has 0 aliphatic carbocycles. The Kier molecular flexibility index (Phi) is 0.932. The fraction of sp³-hybridized carbons (Fsp3) is 0.500. The molecule has 0 amide bonds. The third-order valence-electron chi connectivity index (χ3n) is 1.05. The summed E-state index contributed by atoms with van der Waals surface area (Å²) < 4.78 is 4.21. The Morgan fingerprint density at radius 3 is 2.38 bits per heavy atom. The molecule has 0 atom stereocenters. The highest BCUT2D eigenvalue weighted by Gasteiger charge is 2.05. The maximum Gasteiger partial charge on any atom is 0.217 e. The minimum Gasteiger partial charge on any atom is -0.359 e. The summed E-state index contributed by atoms with van der Waals surface area (Å²) in [6.07, 6.45) is 0. The number of nitrogens with zero attached hydrogens (tertiary/aromatic N) is 2. The van der Waals surface area contributed by atoms with E-state index in [0.717, 1.165) is 0 Å².